The average molecular weight is 332 g/mol. The fourth-order valence-electron chi connectivity index (χ4n) is 2.09. The molecule has 0 atom stereocenters. The van der Waals surface area contributed by atoms with Crippen molar-refractivity contribution in [3.63, 3.8) is 0 Å². The van der Waals surface area contributed by atoms with Gasteiger partial charge in [0, 0.05) is 5.02 Å². The van der Waals surface area contributed by atoms with E-state index in [1.54, 1.807) is 17.4 Å². The predicted octanol–water partition coefficient (Wildman–Crippen LogP) is 4.52. The molecule has 3 rings (SSSR count). The normalized spacial score (nSPS) is 10.6. The molecule has 3 aromatic rings. The Morgan fingerprint density at radius 3 is 2.77 bits per heavy atom. The molecule has 0 fully saturated rings. The first-order valence-corrected chi connectivity index (χ1v) is 8.11. The second kappa shape index (κ2) is 6.81. The molecule has 1 N–H and O–H groups in total. The summed E-state index contributed by atoms with van der Waals surface area (Å²) in [5.74, 6) is 1.48. The molecule has 0 saturated heterocycles. The lowest BCUT2D eigenvalue weighted by atomic mass is 10.1. The summed E-state index contributed by atoms with van der Waals surface area (Å²) < 4.78 is 5.72. The highest BCUT2D eigenvalue weighted by Gasteiger charge is 2.09. The SMILES string of the molecule is O=C(Cc1ccccc1Cl)NCc1ccc(-c2cccs2)o1. The van der Waals surface area contributed by atoms with Crippen molar-refractivity contribution in [3.05, 3.63) is 70.3 Å². The van der Waals surface area contributed by atoms with Gasteiger partial charge in [-0.25, -0.2) is 0 Å². The molecule has 2 aromatic heterocycles. The van der Waals surface area contributed by atoms with E-state index in [1.165, 1.54) is 0 Å². The fraction of sp³-hybridized carbons (Fsp3) is 0.118. The monoisotopic (exact) mass is 331 g/mol. The van der Waals surface area contributed by atoms with Crippen molar-refractivity contribution in [3.8, 4) is 10.6 Å². The van der Waals surface area contributed by atoms with Gasteiger partial charge in [0.25, 0.3) is 0 Å². The fourth-order valence-corrected chi connectivity index (χ4v) is 2.98. The highest BCUT2D eigenvalue weighted by molar-refractivity contribution is 7.13. The summed E-state index contributed by atoms with van der Waals surface area (Å²) >= 11 is 7.67. The minimum Gasteiger partial charge on any atom is -0.458 e. The molecule has 0 saturated carbocycles. The van der Waals surface area contributed by atoms with Crippen LogP contribution in [0.2, 0.25) is 5.02 Å². The zero-order valence-electron chi connectivity index (χ0n) is 11.7. The van der Waals surface area contributed by atoms with E-state index in [2.05, 4.69) is 5.32 Å². The molecule has 0 aliphatic carbocycles. The number of benzene rings is 1. The van der Waals surface area contributed by atoms with E-state index < -0.39 is 0 Å². The molecule has 0 spiro atoms. The molecule has 2 heterocycles. The highest BCUT2D eigenvalue weighted by Crippen LogP contribution is 2.26. The smallest absolute Gasteiger partial charge is 0.224 e. The number of thiophene rings is 1. The quantitative estimate of drug-likeness (QED) is 0.746. The second-order valence-electron chi connectivity index (χ2n) is 4.79. The maximum atomic E-state index is 12.0. The summed E-state index contributed by atoms with van der Waals surface area (Å²) in [5, 5.41) is 5.46. The highest BCUT2D eigenvalue weighted by atomic mass is 35.5. The van der Waals surface area contributed by atoms with E-state index in [-0.39, 0.29) is 12.3 Å². The molecule has 0 unspecified atom stereocenters. The van der Waals surface area contributed by atoms with Crippen LogP contribution in [0.15, 0.2) is 58.3 Å². The minimum atomic E-state index is -0.0813. The third kappa shape index (κ3) is 3.59. The van der Waals surface area contributed by atoms with Crippen molar-refractivity contribution in [2.45, 2.75) is 13.0 Å². The zero-order chi connectivity index (χ0) is 15.4. The summed E-state index contributed by atoms with van der Waals surface area (Å²) in [6.07, 6.45) is 0.262. The lowest BCUT2D eigenvalue weighted by molar-refractivity contribution is -0.120. The van der Waals surface area contributed by atoms with Gasteiger partial charge in [-0.15, -0.1) is 11.3 Å². The van der Waals surface area contributed by atoms with Crippen molar-refractivity contribution in [1.29, 1.82) is 0 Å². The maximum Gasteiger partial charge on any atom is 0.224 e. The minimum absolute atomic E-state index is 0.0813. The molecular weight excluding hydrogens is 318 g/mol. The van der Waals surface area contributed by atoms with E-state index in [4.69, 9.17) is 16.0 Å². The van der Waals surface area contributed by atoms with Gasteiger partial charge < -0.3 is 9.73 Å². The van der Waals surface area contributed by atoms with Gasteiger partial charge in [-0.1, -0.05) is 35.9 Å². The molecule has 0 aliphatic rings. The number of halogens is 1. The van der Waals surface area contributed by atoms with Gasteiger partial charge in [0.15, 0.2) is 0 Å². The maximum absolute atomic E-state index is 12.0. The Labute approximate surface area is 137 Å². The Morgan fingerprint density at radius 2 is 2.00 bits per heavy atom. The van der Waals surface area contributed by atoms with Gasteiger partial charge in [-0.05, 0) is 35.2 Å². The summed E-state index contributed by atoms with van der Waals surface area (Å²) in [6.45, 7) is 0.370. The van der Waals surface area contributed by atoms with Crippen LogP contribution < -0.4 is 5.32 Å². The summed E-state index contributed by atoms with van der Waals surface area (Å²) in [7, 11) is 0. The van der Waals surface area contributed by atoms with Crippen molar-refractivity contribution >= 4 is 28.8 Å². The second-order valence-corrected chi connectivity index (χ2v) is 6.14. The third-order valence-electron chi connectivity index (χ3n) is 3.19. The van der Waals surface area contributed by atoms with E-state index in [1.807, 2.05) is 47.8 Å². The van der Waals surface area contributed by atoms with Gasteiger partial charge in [-0.3, -0.25) is 4.79 Å². The van der Waals surface area contributed by atoms with Crippen LogP contribution in [0.25, 0.3) is 10.6 Å². The lowest BCUT2D eigenvalue weighted by Crippen LogP contribution is -2.24. The number of hydrogen-bond donors (Lipinski definition) is 1. The Hall–Kier alpha value is -2.04. The van der Waals surface area contributed by atoms with Gasteiger partial charge in [-0.2, -0.15) is 0 Å². The summed E-state index contributed by atoms with van der Waals surface area (Å²) in [6, 6.07) is 15.1. The first-order chi connectivity index (χ1) is 10.7. The molecule has 3 nitrogen and oxygen atoms in total. The largest absolute Gasteiger partial charge is 0.458 e. The van der Waals surface area contributed by atoms with Crippen LogP contribution in [0.3, 0.4) is 0 Å². The Morgan fingerprint density at radius 1 is 1.14 bits per heavy atom. The number of nitrogens with one attached hydrogen (secondary N) is 1. The van der Waals surface area contributed by atoms with Gasteiger partial charge in [0.1, 0.15) is 11.5 Å². The number of carbonyl (C=O) groups is 1. The van der Waals surface area contributed by atoms with Gasteiger partial charge in [0.2, 0.25) is 5.91 Å². The van der Waals surface area contributed by atoms with Crippen molar-refractivity contribution in [2.24, 2.45) is 0 Å². The number of carbonyl (C=O) groups excluding carboxylic acids is 1. The summed E-state index contributed by atoms with van der Waals surface area (Å²) in [5.41, 5.74) is 0.820. The van der Waals surface area contributed by atoms with Crippen molar-refractivity contribution in [2.75, 3.05) is 0 Å². The molecule has 5 heteroatoms. The van der Waals surface area contributed by atoms with Crippen LogP contribution in [-0.2, 0) is 17.8 Å². The van der Waals surface area contributed by atoms with Gasteiger partial charge >= 0.3 is 0 Å². The molecular formula is C17H14ClNO2S. The molecule has 0 radical (unpaired) electrons. The van der Waals surface area contributed by atoms with Crippen LogP contribution in [-0.4, -0.2) is 5.91 Å². The number of amides is 1. The zero-order valence-corrected chi connectivity index (χ0v) is 13.3. The Kier molecular flexibility index (Phi) is 4.61. The van der Waals surface area contributed by atoms with Crippen LogP contribution in [0, 0.1) is 0 Å². The number of rotatable bonds is 5. The topological polar surface area (TPSA) is 42.2 Å². The van der Waals surface area contributed by atoms with Crippen LogP contribution in [0.4, 0.5) is 0 Å². The van der Waals surface area contributed by atoms with E-state index in [0.29, 0.717) is 11.6 Å². The molecule has 0 aliphatic heterocycles. The Bertz CT molecular complexity index is 765. The standard InChI is InChI=1S/C17H14ClNO2S/c18-14-5-2-1-4-12(14)10-17(20)19-11-13-7-8-15(21-13)16-6-3-9-22-16/h1-9H,10-11H2,(H,19,20). The van der Waals surface area contributed by atoms with Crippen molar-refractivity contribution in [1.82, 2.24) is 5.32 Å². The van der Waals surface area contributed by atoms with E-state index in [9.17, 15) is 4.79 Å². The molecule has 1 amide bonds. The van der Waals surface area contributed by atoms with E-state index >= 15 is 0 Å². The molecule has 112 valence electrons. The van der Waals surface area contributed by atoms with Crippen LogP contribution >= 0.6 is 22.9 Å². The average Bonchev–Trinajstić information content (AvgIpc) is 3.18. The summed E-state index contributed by atoms with van der Waals surface area (Å²) in [4.78, 5) is 13.0. The lowest BCUT2D eigenvalue weighted by Gasteiger charge is -2.05. The predicted molar refractivity (Wildman–Crippen MR) is 89.0 cm³/mol. The third-order valence-corrected chi connectivity index (χ3v) is 4.45. The van der Waals surface area contributed by atoms with Gasteiger partial charge in [0.05, 0.1) is 17.8 Å². The molecule has 22 heavy (non-hydrogen) atoms. The molecule has 1 aromatic carbocycles. The number of furan rings is 1. The van der Waals surface area contributed by atoms with Crippen molar-refractivity contribution < 1.29 is 9.21 Å². The van der Waals surface area contributed by atoms with E-state index in [0.717, 1.165) is 22.0 Å². The first kappa shape index (κ1) is 14.9. The Balaban J connectivity index is 1.56. The first-order valence-electron chi connectivity index (χ1n) is 6.85. The molecule has 0 bridgehead atoms. The number of hydrogen-bond acceptors (Lipinski definition) is 3. The van der Waals surface area contributed by atoms with Crippen LogP contribution in [0.1, 0.15) is 11.3 Å². The van der Waals surface area contributed by atoms with Crippen LogP contribution in [0.5, 0.6) is 0 Å².